The van der Waals surface area contributed by atoms with Gasteiger partial charge in [0.05, 0.1) is 7.11 Å². The van der Waals surface area contributed by atoms with Crippen molar-refractivity contribution >= 4 is 17.7 Å². The van der Waals surface area contributed by atoms with Crippen molar-refractivity contribution in [2.24, 2.45) is 0 Å². The van der Waals surface area contributed by atoms with Gasteiger partial charge in [0.1, 0.15) is 6.10 Å². The third kappa shape index (κ3) is 6.13. The Labute approximate surface area is 164 Å². The lowest BCUT2D eigenvalue weighted by molar-refractivity contribution is -0.121. The number of ether oxygens (including phenoxy) is 2. The Morgan fingerprint density at radius 2 is 1.81 bits per heavy atom. The van der Waals surface area contributed by atoms with Crippen LogP contribution >= 0.6 is 11.8 Å². The molecule has 1 amide bonds. The number of aromatic nitrogens is 2. The SMILES string of the molecule is COc1nccnc1OC1CCC(NC(=O)CCSc2ccccc2)CC1. The summed E-state index contributed by atoms with van der Waals surface area (Å²) in [6.45, 7) is 0. The quantitative estimate of drug-likeness (QED) is 0.699. The van der Waals surface area contributed by atoms with Crippen molar-refractivity contribution in [3.8, 4) is 11.8 Å². The Balaban J connectivity index is 1.36. The van der Waals surface area contributed by atoms with Gasteiger partial charge in [-0.25, -0.2) is 9.97 Å². The number of nitrogens with zero attached hydrogens (tertiary/aromatic N) is 2. The number of methoxy groups -OCH3 is 1. The molecule has 0 unspecified atom stereocenters. The van der Waals surface area contributed by atoms with E-state index in [4.69, 9.17) is 9.47 Å². The van der Waals surface area contributed by atoms with Crippen molar-refractivity contribution in [3.63, 3.8) is 0 Å². The highest BCUT2D eigenvalue weighted by Crippen LogP contribution is 2.27. The molecule has 1 N–H and O–H groups in total. The van der Waals surface area contributed by atoms with Crippen LogP contribution in [0.1, 0.15) is 32.1 Å². The second kappa shape index (κ2) is 10.2. The third-order valence-corrected chi connectivity index (χ3v) is 5.50. The van der Waals surface area contributed by atoms with Gasteiger partial charge in [0.25, 0.3) is 11.8 Å². The highest BCUT2D eigenvalue weighted by Gasteiger charge is 2.25. The van der Waals surface area contributed by atoms with Crippen molar-refractivity contribution < 1.29 is 14.3 Å². The second-order valence-corrected chi connectivity index (χ2v) is 7.61. The molecule has 1 saturated carbocycles. The number of carbonyl (C=O) groups is 1. The average molecular weight is 388 g/mol. The van der Waals surface area contributed by atoms with E-state index >= 15 is 0 Å². The minimum Gasteiger partial charge on any atom is -0.477 e. The lowest BCUT2D eigenvalue weighted by Crippen LogP contribution is -2.39. The van der Waals surface area contributed by atoms with Crippen LogP contribution in [0.5, 0.6) is 11.8 Å². The summed E-state index contributed by atoms with van der Waals surface area (Å²) in [5.74, 6) is 1.76. The van der Waals surface area contributed by atoms with Crippen LogP contribution in [0.4, 0.5) is 0 Å². The smallest absolute Gasteiger partial charge is 0.278 e. The zero-order chi connectivity index (χ0) is 18.9. The monoisotopic (exact) mass is 387 g/mol. The molecule has 144 valence electrons. The number of amides is 1. The van der Waals surface area contributed by atoms with E-state index in [-0.39, 0.29) is 18.1 Å². The van der Waals surface area contributed by atoms with E-state index in [2.05, 4.69) is 27.4 Å². The number of thioether (sulfide) groups is 1. The predicted molar refractivity (Wildman–Crippen MR) is 105 cm³/mol. The molecule has 1 aliphatic carbocycles. The van der Waals surface area contributed by atoms with Crippen LogP contribution in [0.25, 0.3) is 0 Å². The molecule has 2 aromatic rings. The Kier molecular flexibility index (Phi) is 7.33. The molecular weight excluding hydrogens is 362 g/mol. The number of hydrogen-bond donors (Lipinski definition) is 1. The molecule has 1 aromatic carbocycles. The molecule has 1 heterocycles. The van der Waals surface area contributed by atoms with Crippen LogP contribution in [-0.4, -0.2) is 40.9 Å². The molecule has 0 saturated heterocycles. The highest BCUT2D eigenvalue weighted by molar-refractivity contribution is 7.99. The van der Waals surface area contributed by atoms with Crippen molar-refractivity contribution in [1.29, 1.82) is 0 Å². The summed E-state index contributed by atoms with van der Waals surface area (Å²) in [6, 6.07) is 10.4. The Hall–Kier alpha value is -2.28. The fourth-order valence-electron chi connectivity index (χ4n) is 3.09. The van der Waals surface area contributed by atoms with Gasteiger partial charge in [0.15, 0.2) is 0 Å². The fraction of sp³-hybridized carbons (Fsp3) is 0.450. The third-order valence-electron chi connectivity index (χ3n) is 4.49. The summed E-state index contributed by atoms with van der Waals surface area (Å²) in [7, 11) is 1.55. The molecular formula is C20H25N3O3S. The van der Waals surface area contributed by atoms with Gasteiger partial charge in [0, 0.05) is 35.5 Å². The van der Waals surface area contributed by atoms with Crippen molar-refractivity contribution in [2.45, 2.75) is 49.1 Å². The van der Waals surface area contributed by atoms with E-state index in [0.29, 0.717) is 18.2 Å². The molecule has 0 spiro atoms. The Morgan fingerprint density at radius 1 is 1.11 bits per heavy atom. The van der Waals surface area contributed by atoms with Crippen molar-refractivity contribution in [2.75, 3.05) is 12.9 Å². The van der Waals surface area contributed by atoms with Crippen LogP contribution in [-0.2, 0) is 4.79 Å². The summed E-state index contributed by atoms with van der Waals surface area (Å²) in [5.41, 5.74) is 0. The molecule has 27 heavy (non-hydrogen) atoms. The lowest BCUT2D eigenvalue weighted by Gasteiger charge is -2.29. The molecule has 0 radical (unpaired) electrons. The van der Waals surface area contributed by atoms with E-state index < -0.39 is 0 Å². The molecule has 1 aliphatic rings. The molecule has 0 bridgehead atoms. The summed E-state index contributed by atoms with van der Waals surface area (Å²) >= 11 is 1.71. The van der Waals surface area contributed by atoms with Gasteiger partial charge in [-0.05, 0) is 37.8 Å². The van der Waals surface area contributed by atoms with Crippen molar-refractivity contribution in [3.05, 3.63) is 42.7 Å². The molecule has 1 fully saturated rings. The van der Waals surface area contributed by atoms with Crippen LogP contribution in [0, 0.1) is 0 Å². The van der Waals surface area contributed by atoms with E-state index in [9.17, 15) is 4.79 Å². The number of nitrogens with one attached hydrogen (secondary N) is 1. The van der Waals surface area contributed by atoms with Crippen LogP contribution in [0.15, 0.2) is 47.6 Å². The Bertz CT molecular complexity index is 721. The van der Waals surface area contributed by atoms with Crippen LogP contribution in [0.3, 0.4) is 0 Å². The minimum atomic E-state index is 0.0809. The van der Waals surface area contributed by atoms with Crippen LogP contribution in [0.2, 0.25) is 0 Å². The zero-order valence-electron chi connectivity index (χ0n) is 15.5. The van der Waals surface area contributed by atoms with Gasteiger partial charge in [-0.3, -0.25) is 4.79 Å². The summed E-state index contributed by atoms with van der Waals surface area (Å²) in [5, 5.41) is 3.15. The number of benzene rings is 1. The first-order valence-electron chi connectivity index (χ1n) is 9.23. The fourth-order valence-corrected chi connectivity index (χ4v) is 3.97. The van der Waals surface area contributed by atoms with Gasteiger partial charge in [-0.2, -0.15) is 0 Å². The first-order chi connectivity index (χ1) is 13.2. The second-order valence-electron chi connectivity index (χ2n) is 6.44. The van der Waals surface area contributed by atoms with E-state index in [1.54, 1.807) is 31.3 Å². The summed E-state index contributed by atoms with van der Waals surface area (Å²) in [4.78, 5) is 21.7. The van der Waals surface area contributed by atoms with Gasteiger partial charge in [-0.1, -0.05) is 18.2 Å². The molecule has 0 atom stereocenters. The average Bonchev–Trinajstić information content (AvgIpc) is 2.71. The summed E-state index contributed by atoms with van der Waals surface area (Å²) < 4.78 is 11.1. The maximum Gasteiger partial charge on any atom is 0.278 e. The maximum atomic E-state index is 12.2. The van der Waals surface area contributed by atoms with Crippen LogP contribution < -0.4 is 14.8 Å². The molecule has 1 aromatic heterocycles. The number of hydrogen-bond acceptors (Lipinski definition) is 6. The standard InChI is InChI=1S/C20H25N3O3S/c1-25-19-20(22-13-12-21-19)26-16-9-7-15(8-10-16)23-18(24)11-14-27-17-5-3-2-4-6-17/h2-6,12-13,15-16H,7-11,14H2,1H3,(H,23,24). The first-order valence-corrected chi connectivity index (χ1v) is 10.2. The minimum absolute atomic E-state index is 0.0809. The van der Waals surface area contributed by atoms with E-state index in [1.807, 2.05) is 18.2 Å². The topological polar surface area (TPSA) is 73.3 Å². The van der Waals surface area contributed by atoms with Gasteiger partial charge in [-0.15, -0.1) is 11.8 Å². The van der Waals surface area contributed by atoms with Gasteiger partial charge in [0.2, 0.25) is 5.91 Å². The van der Waals surface area contributed by atoms with E-state index in [0.717, 1.165) is 31.4 Å². The van der Waals surface area contributed by atoms with Gasteiger partial charge >= 0.3 is 0 Å². The highest BCUT2D eigenvalue weighted by atomic mass is 32.2. The number of rotatable bonds is 8. The largest absolute Gasteiger partial charge is 0.477 e. The predicted octanol–water partition coefficient (Wildman–Crippen LogP) is 3.47. The van der Waals surface area contributed by atoms with E-state index in [1.165, 1.54) is 4.90 Å². The normalized spacial score (nSPS) is 19.3. The molecule has 7 heteroatoms. The first kappa shape index (κ1) is 19.5. The zero-order valence-corrected chi connectivity index (χ0v) is 16.3. The van der Waals surface area contributed by atoms with Crippen molar-refractivity contribution in [1.82, 2.24) is 15.3 Å². The summed E-state index contributed by atoms with van der Waals surface area (Å²) in [6.07, 6.45) is 7.36. The molecule has 6 nitrogen and oxygen atoms in total. The Morgan fingerprint density at radius 3 is 2.52 bits per heavy atom. The van der Waals surface area contributed by atoms with Gasteiger partial charge < -0.3 is 14.8 Å². The lowest BCUT2D eigenvalue weighted by atomic mass is 9.93. The molecule has 3 rings (SSSR count). The molecule has 0 aliphatic heterocycles. The maximum absolute atomic E-state index is 12.2. The number of carbonyl (C=O) groups excluding carboxylic acids is 1.